The summed E-state index contributed by atoms with van der Waals surface area (Å²) >= 11 is 5.54. The first-order valence-corrected chi connectivity index (χ1v) is 5.84. The summed E-state index contributed by atoms with van der Waals surface area (Å²) in [5.41, 5.74) is -0.854. The van der Waals surface area contributed by atoms with Crippen molar-refractivity contribution in [3.63, 3.8) is 0 Å². The van der Waals surface area contributed by atoms with Gasteiger partial charge in [-0.25, -0.2) is 13.2 Å². The molecule has 0 amide bonds. The molecule has 0 heterocycles. The van der Waals surface area contributed by atoms with Crippen molar-refractivity contribution in [2.75, 3.05) is 7.11 Å². The minimum Gasteiger partial charge on any atom is -0.497 e. The number of rotatable bonds is 3. The molecular weight excluding hydrogens is 293 g/mol. The van der Waals surface area contributed by atoms with Crippen molar-refractivity contribution in [2.24, 2.45) is 0 Å². The molecule has 0 aliphatic carbocycles. The number of benzene rings is 2. The van der Waals surface area contributed by atoms with E-state index in [1.165, 1.54) is 7.11 Å². The third-order valence-electron chi connectivity index (χ3n) is 2.66. The fraction of sp³-hybridized carbons (Fsp3) is 0.0714. The molecule has 0 aromatic heterocycles. The first-order chi connectivity index (χ1) is 9.43. The van der Waals surface area contributed by atoms with Crippen LogP contribution in [0.5, 0.6) is 5.75 Å². The molecule has 0 saturated carbocycles. The summed E-state index contributed by atoms with van der Waals surface area (Å²) in [6.07, 6.45) is 0. The third-order valence-corrected chi connectivity index (χ3v) is 2.95. The lowest BCUT2D eigenvalue weighted by atomic mass is 10.0. The molecule has 20 heavy (non-hydrogen) atoms. The van der Waals surface area contributed by atoms with Gasteiger partial charge in [0.2, 0.25) is 0 Å². The number of ketones is 1. The Kier molecular flexibility index (Phi) is 3.99. The molecule has 0 aliphatic rings. The van der Waals surface area contributed by atoms with Crippen molar-refractivity contribution < 1.29 is 22.7 Å². The smallest absolute Gasteiger partial charge is 0.198 e. The van der Waals surface area contributed by atoms with Crippen LogP contribution >= 0.6 is 11.6 Å². The number of carbonyl (C=O) groups is 1. The summed E-state index contributed by atoms with van der Waals surface area (Å²) in [5, 5.41) is -0.301. The molecule has 0 unspecified atom stereocenters. The second kappa shape index (κ2) is 5.54. The lowest BCUT2D eigenvalue weighted by Crippen LogP contribution is -2.08. The highest BCUT2D eigenvalue weighted by molar-refractivity contribution is 6.31. The van der Waals surface area contributed by atoms with Crippen LogP contribution < -0.4 is 4.74 Å². The fourth-order valence-corrected chi connectivity index (χ4v) is 1.85. The maximum Gasteiger partial charge on any atom is 0.198 e. The number of ether oxygens (including phenoxy) is 1. The molecule has 2 rings (SSSR count). The van der Waals surface area contributed by atoms with Crippen molar-refractivity contribution in [1.82, 2.24) is 0 Å². The van der Waals surface area contributed by atoms with Gasteiger partial charge >= 0.3 is 0 Å². The maximum absolute atomic E-state index is 13.8. The van der Waals surface area contributed by atoms with E-state index in [1.54, 1.807) is 0 Å². The van der Waals surface area contributed by atoms with Gasteiger partial charge in [-0.1, -0.05) is 11.6 Å². The molecule has 6 heteroatoms. The van der Waals surface area contributed by atoms with Crippen molar-refractivity contribution >= 4 is 17.4 Å². The van der Waals surface area contributed by atoms with Gasteiger partial charge in [0, 0.05) is 17.7 Å². The molecule has 104 valence electrons. The van der Waals surface area contributed by atoms with E-state index in [-0.39, 0.29) is 16.3 Å². The second-order valence-corrected chi connectivity index (χ2v) is 4.33. The Labute approximate surface area is 117 Å². The van der Waals surface area contributed by atoms with E-state index in [0.717, 1.165) is 30.3 Å². The number of hydrogen-bond donors (Lipinski definition) is 0. The summed E-state index contributed by atoms with van der Waals surface area (Å²) in [6, 6.07) is 4.85. The minimum atomic E-state index is -1.06. The summed E-state index contributed by atoms with van der Waals surface area (Å²) in [6.45, 7) is 0. The van der Waals surface area contributed by atoms with Gasteiger partial charge < -0.3 is 4.74 Å². The van der Waals surface area contributed by atoms with Crippen LogP contribution in [0.15, 0.2) is 30.3 Å². The molecular formula is C14H8ClF3O2. The number of methoxy groups -OCH3 is 1. The average Bonchev–Trinajstić information content (AvgIpc) is 2.40. The lowest BCUT2D eigenvalue weighted by molar-refractivity contribution is 0.103. The van der Waals surface area contributed by atoms with E-state index >= 15 is 0 Å². The standard InChI is InChI=1S/C14H8ClF3O2/c1-20-8-5-11(17)13(12(18)6-8)14(19)7-2-3-10(16)9(15)4-7/h2-6H,1H3. The van der Waals surface area contributed by atoms with Crippen LogP contribution in [0, 0.1) is 17.5 Å². The Balaban J connectivity index is 2.50. The number of hydrogen-bond acceptors (Lipinski definition) is 2. The Bertz CT molecular complexity index is 663. The van der Waals surface area contributed by atoms with E-state index in [1.807, 2.05) is 0 Å². The van der Waals surface area contributed by atoms with E-state index < -0.39 is 28.8 Å². The predicted molar refractivity (Wildman–Crippen MR) is 67.8 cm³/mol. The molecule has 0 N–H and O–H groups in total. The summed E-state index contributed by atoms with van der Waals surface area (Å²) in [7, 11) is 1.25. The SMILES string of the molecule is COc1cc(F)c(C(=O)c2ccc(F)c(Cl)c2)c(F)c1. The van der Waals surface area contributed by atoms with Crippen LogP contribution in [-0.2, 0) is 0 Å². The first-order valence-electron chi connectivity index (χ1n) is 5.47. The van der Waals surface area contributed by atoms with Crippen molar-refractivity contribution in [1.29, 1.82) is 0 Å². The van der Waals surface area contributed by atoms with Gasteiger partial charge in [-0.2, -0.15) is 0 Å². The Morgan fingerprint density at radius 1 is 1.05 bits per heavy atom. The van der Waals surface area contributed by atoms with Crippen LogP contribution in [0.25, 0.3) is 0 Å². The largest absolute Gasteiger partial charge is 0.497 e. The zero-order chi connectivity index (χ0) is 14.9. The van der Waals surface area contributed by atoms with E-state index in [0.29, 0.717) is 0 Å². The quantitative estimate of drug-likeness (QED) is 0.801. The van der Waals surface area contributed by atoms with Crippen LogP contribution in [0.3, 0.4) is 0 Å². The Morgan fingerprint density at radius 2 is 1.65 bits per heavy atom. The van der Waals surface area contributed by atoms with Gasteiger partial charge in [-0.15, -0.1) is 0 Å². The maximum atomic E-state index is 13.8. The normalized spacial score (nSPS) is 10.4. The van der Waals surface area contributed by atoms with E-state index in [2.05, 4.69) is 4.74 Å². The molecule has 0 saturated heterocycles. The van der Waals surface area contributed by atoms with Crippen LogP contribution in [0.4, 0.5) is 13.2 Å². The monoisotopic (exact) mass is 300 g/mol. The van der Waals surface area contributed by atoms with Gasteiger partial charge in [0.15, 0.2) is 5.78 Å². The molecule has 2 nitrogen and oxygen atoms in total. The summed E-state index contributed by atoms with van der Waals surface area (Å²) in [4.78, 5) is 12.0. The highest BCUT2D eigenvalue weighted by Gasteiger charge is 2.21. The first kappa shape index (κ1) is 14.4. The second-order valence-electron chi connectivity index (χ2n) is 3.92. The molecule has 0 radical (unpaired) electrons. The highest BCUT2D eigenvalue weighted by atomic mass is 35.5. The van der Waals surface area contributed by atoms with Gasteiger partial charge in [0.1, 0.15) is 23.2 Å². The van der Waals surface area contributed by atoms with Crippen molar-refractivity contribution in [3.05, 3.63) is 63.9 Å². The molecule has 0 aliphatic heterocycles. The zero-order valence-electron chi connectivity index (χ0n) is 10.2. The van der Waals surface area contributed by atoms with E-state index in [9.17, 15) is 18.0 Å². The average molecular weight is 301 g/mol. The summed E-state index contributed by atoms with van der Waals surface area (Å²) < 4.78 is 45.2. The molecule has 0 atom stereocenters. The highest BCUT2D eigenvalue weighted by Crippen LogP contribution is 2.24. The van der Waals surface area contributed by atoms with Gasteiger partial charge in [0.25, 0.3) is 0 Å². The third kappa shape index (κ3) is 2.63. The summed E-state index contributed by atoms with van der Waals surface area (Å²) in [5.74, 6) is -3.82. The topological polar surface area (TPSA) is 26.3 Å². The molecule has 0 spiro atoms. The fourth-order valence-electron chi connectivity index (χ4n) is 1.67. The van der Waals surface area contributed by atoms with Crippen LogP contribution in [0.2, 0.25) is 5.02 Å². The van der Waals surface area contributed by atoms with Gasteiger partial charge in [0.05, 0.1) is 17.7 Å². The number of carbonyl (C=O) groups excluding carboxylic acids is 1. The van der Waals surface area contributed by atoms with E-state index in [4.69, 9.17) is 11.6 Å². The van der Waals surface area contributed by atoms with Gasteiger partial charge in [-0.3, -0.25) is 4.79 Å². The van der Waals surface area contributed by atoms with Crippen molar-refractivity contribution in [3.8, 4) is 5.75 Å². The zero-order valence-corrected chi connectivity index (χ0v) is 11.0. The Morgan fingerprint density at radius 3 is 2.15 bits per heavy atom. The van der Waals surface area contributed by atoms with Crippen molar-refractivity contribution in [2.45, 2.75) is 0 Å². The molecule has 0 fully saturated rings. The predicted octanol–water partition coefficient (Wildman–Crippen LogP) is 4.00. The Hall–Kier alpha value is -2.01. The molecule has 2 aromatic carbocycles. The van der Waals surface area contributed by atoms with Gasteiger partial charge in [-0.05, 0) is 18.2 Å². The minimum absolute atomic E-state index is 0.0475. The molecule has 0 bridgehead atoms. The molecule has 2 aromatic rings. The number of halogens is 4. The van der Waals surface area contributed by atoms with Crippen LogP contribution in [-0.4, -0.2) is 12.9 Å². The lowest BCUT2D eigenvalue weighted by Gasteiger charge is -2.07. The van der Waals surface area contributed by atoms with Crippen LogP contribution in [0.1, 0.15) is 15.9 Å².